The number of ether oxygens (including phenoxy) is 1. The van der Waals surface area contributed by atoms with Gasteiger partial charge in [0, 0.05) is 26.2 Å². The van der Waals surface area contributed by atoms with Gasteiger partial charge in [0.15, 0.2) is 0 Å². The summed E-state index contributed by atoms with van der Waals surface area (Å²) in [6.07, 6.45) is 4.63. The first kappa shape index (κ1) is 16.4. The maximum absolute atomic E-state index is 11.7. The monoisotopic (exact) mass is 335 g/mol. The number of methoxy groups -OCH3 is 1. The summed E-state index contributed by atoms with van der Waals surface area (Å²) in [5.41, 5.74) is -0.0316. The number of anilines is 2. The number of nitrogens with zero attached hydrogens (tertiary/aromatic N) is 5. The first-order valence-corrected chi connectivity index (χ1v) is 8.19. The molecule has 9 nitrogen and oxygen atoms in total. The summed E-state index contributed by atoms with van der Waals surface area (Å²) >= 11 is 0. The smallest absolute Gasteiger partial charge is 0.353 e. The molecule has 1 aromatic heterocycles. The van der Waals surface area contributed by atoms with E-state index in [-0.39, 0.29) is 17.6 Å². The molecule has 0 radical (unpaired) electrons. The number of carbonyl (C=O) groups excluding carboxylic acids is 1. The van der Waals surface area contributed by atoms with Gasteiger partial charge in [-0.15, -0.1) is 0 Å². The minimum atomic E-state index is -0.393. The zero-order chi connectivity index (χ0) is 17.1. The molecule has 2 fully saturated rings. The van der Waals surface area contributed by atoms with Crippen molar-refractivity contribution in [2.75, 3.05) is 43.1 Å². The highest BCUT2D eigenvalue weighted by molar-refractivity contribution is 5.74. The van der Waals surface area contributed by atoms with E-state index < -0.39 is 4.92 Å². The average molecular weight is 335 g/mol. The summed E-state index contributed by atoms with van der Waals surface area (Å²) in [4.78, 5) is 35.1. The van der Waals surface area contributed by atoms with Gasteiger partial charge in [0.25, 0.3) is 0 Å². The number of hydrogen-bond acceptors (Lipinski definition) is 8. The minimum Gasteiger partial charge on any atom is -0.469 e. The van der Waals surface area contributed by atoms with Crippen LogP contribution in [0.15, 0.2) is 6.33 Å². The summed E-state index contributed by atoms with van der Waals surface area (Å²) in [6, 6.07) is 0. The second kappa shape index (κ2) is 6.98. The molecule has 3 heterocycles. The molecule has 0 unspecified atom stereocenters. The fraction of sp³-hybridized carbons (Fsp3) is 0.667. The number of rotatable bonds is 4. The summed E-state index contributed by atoms with van der Waals surface area (Å²) in [5.74, 6) is 0.382. The Labute approximate surface area is 139 Å². The van der Waals surface area contributed by atoms with Crippen LogP contribution in [0.25, 0.3) is 0 Å². The van der Waals surface area contributed by atoms with Gasteiger partial charge >= 0.3 is 11.7 Å². The molecule has 0 atom stereocenters. The van der Waals surface area contributed by atoms with E-state index in [1.165, 1.54) is 13.4 Å². The van der Waals surface area contributed by atoms with E-state index in [9.17, 15) is 14.9 Å². The Balaban J connectivity index is 1.84. The summed E-state index contributed by atoms with van der Waals surface area (Å²) in [5, 5.41) is 11.7. The predicted octanol–water partition coefficient (Wildman–Crippen LogP) is 1.37. The third-order valence-corrected chi connectivity index (χ3v) is 4.70. The molecule has 1 aromatic rings. The second-order valence-electron chi connectivity index (χ2n) is 6.11. The Hall–Kier alpha value is -2.45. The highest BCUT2D eigenvalue weighted by Crippen LogP contribution is 2.37. The van der Waals surface area contributed by atoms with E-state index in [1.807, 2.05) is 9.80 Å². The topological polar surface area (TPSA) is 102 Å². The quantitative estimate of drug-likeness (QED) is 0.462. The molecular formula is C15H21N5O4. The van der Waals surface area contributed by atoms with E-state index in [4.69, 9.17) is 4.74 Å². The molecular weight excluding hydrogens is 314 g/mol. The maximum Gasteiger partial charge on any atom is 0.353 e. The third kappa shape index (κ3) is 3.10. The van der Waals surface area contributed by atoms with Crippen LogP contribution in [-0.2, 0) is 9.53 Å². The maximum atomic E-state index is 11.7. The standard InChI is InChI=1S/C15H21N5O4/c1-24-15(21)11-4-8-19(9-5-11)14-12(20(22)23)13(16-10-17-14)18-6-2-3-7-18/h10-11H,2-9H2,1H3. The van der Waals surface area contributed by atoms with Crippen molar-refractivity contribution in [2.24, 2.45) is 5.92 Å². The predicted molar refractivity (Wildman–Crippen MR) is 87.1 cm³/mol. The third-order valence-electron chi connectivity index (χ3n) is 4.70. The lowest BCUT2D eigenvalue weighted by molar-refractivity contribution is -0.383. The van der Waals surface area contributed by atoms with Gasteiger partial charge in [-0.3, -0.25) is 14.9 Å². The summed E-state index contributed by atoms with van der Waals surface area (Å²) < 4.78 is 4.78. The molecule has 9 heteroatoms. The summed E-state index contributed by atoms with van der Waals surface area (Å²) in [6.45, 7) is 2.64. The van der Waals surface area contributed by atoms with Crippen molar-refractivity contribution in [3.8, 4) is 0 Å². The highest BCUT2D eigenvalue weighted by Gasteiger charge is 2.34. The van der Waals surface area contributed by atoms with Gasteiger partial charge in [0.1, 0.15) is 6.33 Å². The lowest BCUT2D eigenvalue weighted by atomic mass is 9.97. The van der Waals surface area contributed by atoms with Crippen molar-refractivity contribution in [1.29, 1.82) is 0 Å². The molecule has 0 saturated carbocycles. The van der Waals surface area contributed by atoms with Gasteiger partial charge in [-0.1, -0.05) is 0 Å². The van der Waals surface area contributed by atoms with Gasteiger partial charge in [-0.25, -0.2) is 9.97 Å². The van der Waals surface area contributed by atoms with Crippen molar-refractivity contribution < 1.29 is 14.5 Å². The molecule has 2 aliphatic rings. The zero-order valence-corrected chi connectivity index (χ0v) is 13.7. The molecule has 0 N–H and O–H groups in total. The molecule has 2 saturated heterocycles. The van der Waals surface area contributed by atoms with Crippen LogP contribution < -0.4 is 9.80 Å². The van der Waals surface area contributed by atoms with Crippen LogP contribution in [0.4, 0.5) is 17.3 Å². The fourth-order valence-corrected chi connectivity index (χ4v) is 3.41. The van der Waals surface area contributed by atoms with Crippen molar-refractivity contribution in [3.05, 3.63) is 16.4 Å². The molecule has 3 rings (SSSR count). The van der Waals surface area contributed by atoms with Crippen LogP contribution in [-0.4, -0.2) is 54.1 Å². The van der Waals surface area contributed by atoms with E-state index in [1.54, 1.807) is 0 Å². The molecule has 24 heavy (non-hydrogen) atoms. The van der Waals surface area contributed by atoms with Crippen molar-refractivity contribution in [3.63, 3.8) is 0 Å². The number of nitro groups is 1. The number of aromatic nitrogens is 2. The Morgan fingerprint density at radius 2 is 1.71 bits per heavy atom. The Bertz CT molecular complexity index is 624. The van der Waals surface area contributed by atoms with Gasteiger partial charge in [-0.05, 0) is 25.7 Å². The van der Waals surface area contributed by atoms with Gasteiger partial charge in [-0.2, -0.15) is 0 Å². The lowest BCUT2D eigenvalue weighted by Gasteiger charge is -2.31. The summed E-state index contributed by atoms with van der Waals surface area (Å²) in [7, 11) is 1.38. The number of carbonyl (C=O) groups is 1. The van der Waals surface area contributed by atoms with Crippen LogP contribution in [0.1, 0.15) is 25.7 Å². The zero-order valence-electron chi connectivity index (χ0n) is 13.7. The van der Waals surface area contributed by atoms with Crippen LogP contribution in [0.2, 0.25) is 0 Å². The van der Waals surface area contributed by atoms with E-state index >= 15 is 0 Å². The van der Waals surface area contributed by atoms with E-state index in [2.05, 4.69) is 9.97 Å². The van der Waals surface area contributed by atoms with Crippen LogP contribution >= 0.6 is 0 Å². The second-order valence-corrected chi connectivity index (χ2v) is 6.11. The number of piperidine rings is 1. The van der Waals surface area contributed by atoms with Crippen molar-refractivity contribution in [2.45, 2.75) is 25.7 Å². The molecule has 0 spiro atoms. The minimum absolute atomic E-state index is 0.0316. The normalized spacial score (nSPS) is 18.7. The molecule has 2 aliphatic heterocycles. The van der Waals surface area contributed by atoms with E-state index in [0.29, 0.717) is 37.6 Å². The Morgan fingerprint density at radius 1 is 1.17 bits per heavy atom. The van der Waals surface area contributed by atoms with Gasteiger partial charge in [0.2, 0.25) is 11.6 Å². The van der Waals surface area contributed by atoms with Crippen LogP contribution in [0.5, 0.6) is 0 Å². The van der Waals surface area contributed by atoms with Crippen LogP contribution in [0.3, 0.4) is 0 Å². The van der Waals surface area contributed by atoms with E-state index in [0.717, 1.165) is 25.9 Å². The van der Waals surface area contributed by atoms with Crippen molar-refractivity contribution in [1.82, 2.24) is 9.97 Å². The molecule has 0 aliphatic carbocycles. The SMILES string of the molecule is COC(=O)C1CCN(c2ncnc(N3CCCC3)c2[N+](=O)[O-])CC1. The molecule has 0 amide bonds. The highest BCUT2D eigenvalue weighted by atomic mass is 16.6. The van der Waals surface area contributed by atoms with Crippen molar-refractivity contribution >= 4 is 23.3 Å². The number of hydrogen-bond donors (Lipinski definition) is 0. The molecule has 0 aromatic carbocycles. The van der Waals surface area contributed by atoms with Gasteiger partial charge < -0.3 is 14.5 Å². The molecule has 130 valence electrons. The Morgan fingerprint density at radius 3 is 2.21 bits per heavy atom. The first-order chi connectivity index (χ1) is 11.6. The first-order valence-electron chi connectivity index (χ1n) is 8.19. The molecule has 0 bridgehead atoms. The largest absolute Gasteiger partial charge is 0.469 e. The lowest BCUT2D eigenvalue weighted by Crippen LogP contribution is -2.37. The Kier molecular flexibility index (Phi) is 4.77. The fourth-order valence-electron chi connectivity index (χ4n) is 3.41. The average Bonchev–Trinajstić information content (AvgIpc) is 3.15. The van der Waals surface area contributed by atoms with Crippen LogP contribution in [0, 0.1) is 16.0 Å². The van der Waals surface area contributed by atoms with Gasteiger partial charge in [0.05, 0.1) is 18.0 Å². The number of esters is 1.